The van der Waals surface area contributed by atoms with Crippen molar-refractivity contribution in [2.75, 3.05) is 11.9 Å². The van der Waals surface area contributed by atoms with Crippen molar-refractivity contribution >= 4 is 46.7 Å². The van der Waals surface area contributed by atoms with E-state index < -0.39 is 17.9 Å². The van der Waals surface area contributed by atoms with Gasteiger partial charge in [-0.1, -0.05) is 65.2 Å². The Hall–Kier alpha value is -3.46. The van der Waals surface area contributed by atoms with E-state index in [0.717, 1.165) is 38.6 Å². The normalized spacial score (nSPS) is 20.6. The Morgan fingerprint density at radius 1 is 0.952 bits per heavy atom. The number of amides is 2. The van der Waals surface area contributed by atoms with Crippen LogP contribution in [0.1, 0.15) is 52.7 Å². The summed E-state index contributed by atoms with van der Waals surface area (Å²) >= 11 is 12.2. The maximum absolute atomic E-state index is 13.6. The van der Waals surface area contributed by atoms with E-state index in [9.17, 15) is 19.5 Å². The lowest BCUT2D eigenvalue weighted by Gasteiger charge is -2.50. The molecule has 1 saturated carbocycles. The Kier molecular flexibility index (Phi) is 9.46. The van der Waals surface area contributed by atoms with Crippen LogP contribution in [0.3, 0.4) is 0 Å². The van der Waals surface area contributed by atoms with Gasteiger partial charge in [0.05, 0.1) is 21.7 Å². The topological polar surface area (TPSA) is 112 Å². The first-order valence-electron chi connectivity index (χ1n) is 14.2. The Bertz CT molecular complexity index is 1420. The molecule has 1 aromatic heterocycles. The fourth-order valence-electron chi connectivity index (χ4n) is 6.19. The van der Waals surface area contributed by atoms with Gasteiger partial charge in [0.2, 0.25) is 5.91 Å². The molecule has 220 valence electrons. The summed E-state index contributed by atoms with van der Waals surface area (Å²) in [5.74, 6) is -1.55. The number of aryl methyl sites for hydroxylation is 1. The fraction of sp³-hybridized carbons (Fsp3) is 0.375. The summed E-state index contributed by atoms with van der Waals surface area (Å²) in [5.41, 5.74) is 3.77. The second-order valence-corrected chi connectivity index (χ2v) is 12.0. The van der Waals surface area contributed by atoms with Crippen molar-refractivity contribution in [3.05, 3.63) is 93.2 Å². The number of hydrogen-bond donors (Lipinski definition) is 3. The van der Waals surface area contributed by atoms with Crippen LogP contribution >= 0.6 is 23.2 Å². The van der Waals surface area contributed by atoms with E-state index in [4.69, 9.17) is 23.2 Å². The Labute approximate surface area is 255 Å². The quantitative estimate of drug-likeness (QED) is 0.278. The van der Waals surface area contributed by atoms with E-state index >= 15 is 0 Å². The van der Waals surface area contributed by atoms with Crippen LogP contribution in [-0.4, -0.2) is 57.4 Å². The van der Waals surface area contributed by atoms with Crippen molar-refractivity contribution in [3.63, 3.8) is 0 Å². The van der Waals surface area contributed by atoms with Crippen molar-refractivity contribution in [3.8, 4) is 0 Å². The van der Waals surface area contributed by atoms with Gasteiger partial charge in [0.25, 0.3) is 5.91 Å². The van der Waals surface area contributed by atoms with E-state index in [1.807, 2.05) is 0 Å². The number of nitrogens with one attached hydrogen (secondary N) is 2. The minimum atomic E-state index is -1.09. The predicted molar refractivity (Wildman–Crippen MR) is 163 cm³/mol. The molecule has 2 bridgehead atoms. The smallest absolute Gasteiger partial charge is 0.326 e. The van der Waals surface area contributed by atoms with Gasteiger partial charge in [0, 0.05) is 37.1 Å². The lowest BCUT2D eigenvalue weighted by molar-refractivity contribution is -0.145. The molecule has 3 aromatic rings. The number of carbonyl (C=O) groups is 3. The number of benzene rings is 2. The van der Waals surface area contributed by atoms with Crippen molar-refractivity contribution in [2.45, 2.75) is 63.6 Å². The zero-order chi connectivity index (χ0) is 29.8. The first-order chi connectivity index (χ1) is 20.2. The third-order valence-electron chi connectivity index (χ3n) is 8.41. The zero-order valence-corrected chi connectivity index (χ0v) is 24.9. The maximum atomic E-state index is 13.6. The molecular weight excluding hydrogens is 575 g/mol. The average Bonchev–Trinajstić information content (AvgIpc) is 2.97. The number of rotatable bonds is 10. The first-order valence-corrected chi connectivity index (χ1v) is 15.0. The summed E-state index contributed by atoms with van der Waals surface area (Å²) < 4.78 is 0. The molecule has 3 N–H and O–H groups in total. The van der Waals surface area contributed by atoms with Crippen LogP contribution in [0.4, 0.5) is 5.69 Å². The van der Waals surface area contributed by atoms with Crippen molar-refractivity contribution in [1.82, 2.24) is 15.2 Å². The van der Waals surface area contributed by atoms with Gasteiger partial charge < -0.3 is 15.7 Å². The Balaban J connectivity index is 1.23. The van der Waals surface area contributed by atoms with E-state index in [0.29, 0.717) is 17.3 Å². The third kappa shape index (κ3) is 6.94. The van der Waals surface area contributed by atoms with E-state index in [1.54, 1.807) is 24.3 Å². The van der Waals surface area contributed by atoms with Crippen molar-refractivity contribution in [1.29, 1.82) is 0 Å². The van der Waals surface area contributed by atoms with Crippen molar-refractivity contribution in [2.24, 2.45) is 5.92 Å². The number of carbonyl (C=O) groups excluding carboxylic acids is 2. The number of fused-ring (bicyclic) bond motifs is 3. The molecule has 6 rings (SSSR count). The molecule has 2 amide bonds. The minimum Gasteiger partial charge on any atom is -0.480 e. The molecule has 3 aliphatic rings. The second-order valence-electron chi connectivity index (χ2n) is 11.2. The van der Waals surface area contributed by atoms with Gasteiger partial charge in [-0.2, -0.15) is 0 Å². The van der Waals surface area contributed by atoms with Crippen LogP contribution in [-0.2, 0) is 22.4 Å². The molecule has 0 radical (unpaired) electrons. The molecule has 8 nitrogen and oxygen atoms in total. The SMILES string of the molecule is Cc1ccc(CCN2C3CCC(CC3)C2C(=O)NC(Cc2ccc(NC(=O)c3c(Cl)cncc3Cl)cc2)C(=O)O)cc1. The number of hydrogen-bond acceptors (Lipinski definition) is 5. The van der Waals surface area contributed by atoms with Crippen molar-refractivity contribution < 1.29 is 19.5 Å². The van der Waals surface area contributed by atoms with Gasteiger partial charge in [-0.25, -0.2) is 4.79 Å². The summed E-state index contributed by atoms with van der Waals surface area (Å²) in [5, 5.41) is 15.9. The fourth-order valence-corrected chi connectivity index (χ4v) is 6.72. The van der Waals surface area contributed by atoms with E-state index in [2.05, 4.69) is 51.7 Å². The number of anilines is 1. The molecular formula is C32H34Cl2N4O4. The number of piperidine rings is 2. The highest BCUT2D eigenvalue weighted by Crippen LogP contribution is 2.40. The number of nitrogens with zero attached hydrogens (tertiary/aromatic N) is 2. The summed E-state index contributed by atoms with van der Waals surface area (Å²) in [6.45, 7) is 2.83. The molecule has 3 heterocycles. The van der Waals surface area contributed by atoms with Crippen LogP contribution in [0, 0.1) is 12.8 Å². The molecule has 3 fully saturated rings. The molecule has 2 aliphatic heterocycles. The lowest BCUT2D eigenvalue weighted by atomic mass is 9.74. The first kappa shape index (κ1) is 30.0. The highest BCUT2D eigenvalue weighted by atomic mass is 35.5. The summed E-state index contributed by atoms with van der Waals surface area (Å²) in [6, 6.07) is 14.2. The van der Waals surface area contributed by atoms with Gasteiger partial charge in [-0.15, -0.1) is 0 Å². The molecule has 0 spiro atoms. The Morgan fingerprint density at radius 2 is 1.57 bits per heavy atom. The third-order valence-corrected chi connectivity index (χ3v) is 8.98. The maximum Gasteiger partial charge on any atom is 0.326 e. The average molecular weight is 610 g/mol. The highest BCUT2D eigenvalue weighted by Gasteiger charge is 2.45. The number of carboxylic acids is 1. The number of carboxylic acid groups (broad SMARTS) is 1. The Morgan fingerprint density at radius 3 is 2.19 bits per heavy atom. The van der Waals surface area contributed by atoms with Gasteiger partial charge in [-0.3, -0.25) is 19.5 Å². The van der Waals surface area contributed by atoms with Crippen LogP contribution in [0.5, 0.6) is 0 Å². The number of aromatic nitrogens is 1. The number of aliphatic carboxylic acids is 1. The second kappa shape index (κ2) is 13.2. The monoisotopic (exact) mass is 608 g/mol. The van der Waals surface area contributed by atoms with Gasteiger partial charge >= 0.3 is 5.97 Å². The molecule has 42 heavy (non-hydrogen) atoms. The standard InChI is InChI=1S/C32H34Cl2N4O4/c1-19-2-4-20(5-3-19)14-15-38-24-12-8-22(9-13-24)29(38)31(40)37-27(32(41)42)16-21-6-10-23(11-7-21)36-30(39)28-25(33)17-35-18-26(28)34/h2-7,10-11,17-18,22,24,27,29H,8-9,12-16H2,1H3,(H,36,39)(H,37,40)(H,41,42). The van der Waals surface area contributed by atoms with Crippen LogP contribution in [0.25, 0.3) is 0 Å². The molecule has 10 heteroatoms. The predicted octanol–water partition coefficient (Wildman–Crippen LogP) is 5.55. The minimum absolute atomic E-state index is 0.113. The molecule has 1 aliphatic carbocycles. The summed E-state index contributed by atoms with van der Waals surface area (Å²) in [4.78, 5) is 44.7. The van der Waals surface area contributed by atoms with Gasteiger partial charge in [0.15, 0.2) is 0 Å². The van der Waals surface area contributed by atoms with Gasteiger partial charge in [0.1, 0.15) is 6.04 Å². The van der Waals surface area contributed by atoms with Crippen LogP contribution < -0.4 is 10.6 Å². The highest BCUT2D eigenvalue weighted by molar-refractivity contribution is 6.40. The van der Waals surface area contributed by atoms with E-state index in [-0.39, 0.29) is 39.9 Å². The molecule has 2 aromatic carbocycles. The largest absolute Gasteiger partial charge is 0.480 e. The summed E-state index contributed by atoms with van der Waals surface area (Å²) in [6.07, 6.45) is 7.77. The zero-order valence-electron chi connectivity index (χ0n) is 23.4. The summed E-state index contributed by atoms with van der Waals surface area (Å²) in [7, 11) is 0. The molecule has 2 unspecified atom stereocenters. The van der Waals surface area contributed by atoms with E-state index in [1.165, 1.54) is 23.5 Å². The van der Waals surface area contributed by atoms with Crippen LogP contribution in [0.15, 0.2) is 60.9 Å². The van der Waals surface area contributed by atoms with Crippen LogP contribution in [0.2, 0.25) is 10.0 Å². The molecule has 2 atom stereocenters. The number of halogens is 2. The van der Waals surface area contributed by atoms with Gasteiger partial charge in [-0.05, 0) is 68.2 Å². The lowest BCUT2D eigenvalue weighted by Crippen LogP contribution is -2.62. The number of pyridine rings is 1. The molecule has 2 saturated heterocycles.